The van der Waals surface area contributed by atoms with Crippen LogP contribution in [0.15, 0.2) is 200 Å². The molecular formula is C81H90BrClN6O32. The maximum absolute atomic E-state index is 12.1. The van der Waals surface area contributed by atoms with Gasteiger partial charge in [0.15, 0.2) is 39.6 Å². The van der Waals surface area contributed by atoms with Gasteiger partial charge in [-0.3, -0.25) is 20.7 Å². The highest BCUT2D eigenvalue weighted by molar-refractivity contribution is 9.09. The van der Waals surface area contributed by atoms with Crippen molar-refractivity contribution in [3.8, 4) is 69.0 Å². The van der Waals surface area contributed by atoms with Gasteiger partial charge in [0.1, 0.15) is 94.1 Å². The number of halogens is 2. The largest absolute Gasteiger partial charge is 0.508 e. The molecule has 0 aliphatic rings. The predicted molar refractivity (Wildman–Crippen MR) is 441 cm³/mol. The number of anilines is 6. The number of amides is 3. The van der Waals surface area contributed by atoms with Gasteiger partial charge in [-0.2, -0.15) is 0 Å². The Labute approximate surface area is 707 Å². The Bertz CT molecular complexity index is 4560. The first-order valence-electron chi connectivity index (χ1n) is 34.4. The second-order valence-corrected chi connectivity index (χ2v) is 23.4. The Hall–Kier alpha value is -15.2. The van der Waals surface area contributed by atoms with Crippen LogP contribution in [0.25, 0.3) is 0 Å². The topological polar surface area (TPSA) is 554 Å². The van der Waals surface area contributed by atoms with E-state index in [1.54, 1.807) is 0 Å². The number of hydrogen-bond acceptors (Lipinski definition) is 35. The third-order valence-electron chi connectivity index (χ3n) is 13.6. The molecule has 0 aliphatic carbocycles. The molecule has 0 saturated carbocycles. The van der Waals surface area contributed by atoms with Crippen molar-refractivity contribution in [3.63, 3.8) is 0 Å². The summed E-state index contributed by atoms with van der Waals surface area (Å²) in [5, 5.41) is 62.5. The number of benzene rings is 9. The van der Waals surface area contributed by atoms with Gasteiger partial charge in [-0.25, -0.2) is 43.2 Å². The number of carbonyl (C=O) groups excluding carboxylic acids is 10. The third kappa shape index (κ3) is 46.9. The van der Waals surface area contributed by atoms with Crippen LogP contribution in [-0.2, 0) is 101 Å². The van der Waals surface area contributed by atoms with Crippen LogP contribution >= 0.6 is 28.3 Å². The van der Waals surface area contributed by atoms with Crippen molar-refractivity contribution in [3.05, 3.63) is 217 Å². The van der Waals surface area contributed by atoms with E-state index in [9.17, 15) is 63.3 Å². The number of methoxy groups -OCH3 is 7. The molecule has 0 bridgehead atoms. The molecule has 9 aromatic carbocycles. The maximum Gasteiger partial charge on any atom is 0.411 e. The lowest BCUT2D eigenvalue weighted by Gasteiger charge is -2.12. The van der Waals surface area contributed by atoms with Crippen LogP contribution in [0.3, 0.4) is 0 Å². The van der Waals surface area contributed by atoms with Crippen LogP contribution in [0.5, 0.6) is 69.0 Å². The van der Waals surface area contributed by atoms with Crippen molar-refractivity contribution in [1.29, 1.82) is 0 Å². The number of carbonyl (C=O) groups is 10. The lowest BCUT2D eigenvalue weighted by atomic mass is 10.2. The molecule has 0 aliphatic heterocycles. The zero-order chi connectivity index (χ0) is 88.7. The van der Waals surface area contributed by atoms with Crippen molar-refractivity contribution in [2.24, 2.45) is 0 Å². The van der Waals surface area contributed by atoms with Crippen molar-refractivity contribution in [1.82, 2.24) is 0 Å². The fourth-order valence-corrected chi connectivity index (χ4v) is 8.41. The first-order valence-corrected chi connectivity index (χ1v) is 35.5. The van der Waals surface area contributed by atoms with E-state index in [1.807, 2.05) is 91.0 Å². The molecule has 9 rings (SSSR count). The number of nitrogens with two attached hydrogens (primary N) is 3. The summed E-state index contributed by atoms with van der Waals surface area (Å²) in [6.07, 6.45) is -2.03. The number of phenols is 6. The summed E-state index contributed by atoms with van der Waals surface area (Å²) >= 11 is 2.90. The fraction of sp³-hybridized carbons (Fsp3) is 0.210. The standard InChI is InChI=1S/C20H21NO8.C17H17NO6.C14H13NO4.C12H15NO6.C9H11NO4.C6H7NO2.C3H5BrO2.ClH/c1-25-18(22)12-27-16-8-15(9-17(10-16)28-13-19(23)26-2)21-20(24)29-11-14-6-4-3-5-7-14;1-22-16(20)11-23-15-8-13(7-14(19)9-15)18-17(21)24-10-12-5-3-2-4-6-12;16-12-6-11(7-13(17)8-12)15-14(18)19-9-10-4-2-1-3-5-10;1-16-11(14)6-18-9-3-8(13)4-10(5-9)19-7-12(15)17-2;1-13-9(12)5-14-8-3-6(10)2-7(11)4-8;7-4-1-5(8)3-6(9)2-4;1-6-3(5)2-4;/h3-10H,11-13H2,1-2H3,(H,21,24);2-9,19H,10-11H2,1H3,(H,18,21);1-8,16-17H,9H2,(H,15,18);3-5H,6-7,13H2,1-2H3;2-4,11H,5,10H2,1H3;1-3,8-9H,7H2;2H2,1H3;1H. The Balaban J connectivity index is 0.000000496. The number of alkyl halides is 1. The quantitative estimate of drug-likeness (QED) is 0.00938. The highest BCUT2D eigenvalue weighted by Crippen LogP contribution is 2.30. The number of nitrogens with one attached hydrogen (secondary N) is 3. The van der Waals surface area contributed by atoms with E-state index in [2.05, 4.69) is 65.0 Å². The smallest absolute Gasteiger partial charge is 0.411 e. The normalized spacial score (nSPS) is 9.55. The van der Waals surface area contributed by atoms with Gasteiger partial charge < -0.3 is 124 Å². The lowest BCUT2D eigenvalue weighted by molar-refractivity contribution is -0.143. The van der Waals surface area contributed by atoms with Crippen LogP contribution in [-0.4, -0.2) is 185 Å². The number of nitrogen functional groups attached to an aromatic ring is 3. The minimum atomic E-state index is -0.696. The van der Waals surface area contributed by atoms with Gasteiger partial charge in [0.25, 0.3) is 0 Å². The molecule has 0 fully saturated rings. The molecule has 0 atom stereocenters. The van der Waals surface area contributed by atoms with E-state index in [0.29, 0.717) is 34.3 Å². The number of esters is 7. The van der Waals surface area contributed by atoms with Crippen molar-refractivity contribution in [2.45, 2.75) is 19.8 Å². The summed E-state index contributed by atoms with van der Waals surface area (Å²) < 4.78 is 77.3. The van der Waals surface area contributed by atoms with E-state index in [0.717, 1.165) is 16.7 Å². The maximum atomic E-state index is 12.1. The first-order chi connectivity index (χ1) is 57.3. The molecular weight excluding hydrogens is 1680 g/mol. The summed E-state index contributed by atoms with van der Waals surface area (Å²) in [5.41, 5.74) is 20.8. The summed E-state index contributed by atoms with van der Waals surface area (Å²) in [5.74, 6) is -2.30. The van der Waals surface area contributed by atoms with Gasteiger partial charge in [-0.1, -0.05) is 107 Å². The predicted octanol–water partition coefficient (Wildman–Crippen LogP) is 10.6. The van der Waals surface area contributed by atoms with E-state index < -0.39 is 54.1 Å². The molecule has 650 valence electrons. The number of phenolic OH excluding ortho intramolecular Hbond substituents is 6. The van der Waals surface area contributed by atoms with Gasteiger partial charge in [0.2, 0.25) is 0 Å². The highest BCUT2D eigenvalue weighted by Gasteiger charge is 2.15. The van der Waals surface area contributed by atoms with E-state index >= 15 is 0 Å². The molecule has 0 heterocycles. The van der Waals surface area contributed by atoms with Gasteiger partial charge in [0.05, 0.1) is 66.8 Å². The molecule has 0 aromatic heterocycles. The Morgan fingerprint density at radius 3 is 0.736 bits per heavy atom. The zero-order valence-electron chi connectivity index (χ0n) is 65.9. The summed E-state index contributed by atoms with van der Waals surface area (Å²) in [6, 6.07) is 52.7. The molecule has 15 N–H and O–H groups in total. The molecule has 38 nitrogen and oxygen atoms in total. The summed E-state index contributed by atoms with van der Waals surface area (Å²) in [7, 11) is 8.84. The van der Waals surface area contributed by atoms with E-state index in [1.165, 1.54) is 159 Å². The van der Waals surface area contributed by atoms with Crippen LogP contribution in [0.2, 0.25) is 0 Å². The second kappa shape index (κ2) is 57.8. The van der Waals surface area contributed by atoms with Crippen molar-refractivity contribution < 1.29 is 154 Å². The molecule has 0 unspecified atom stereocenters. The molecule has 3 amide bonds. The highest BCUT2D eigenvalue weighted by atomic mass is 79.9. The van der Waals surface area contributed by atoms with E-state index in [4.69, 9.17) is 75.2 Å². The number of hydrogen-bond donors (Lipinski definition) is 12. The third-order valence-corrected chi connectivity index (χ3v) is 14.1. The summed E-state index contributed by atoms with van der Waals surface area (Å²) in [6.45, 7) is -1.31. The van der Waals surface area contributed by atoms with Crippen molar-refractivity contribution >= 4 is 123 Å². The Morgan fingerprint density at radius 1 is 0.281 bits per heavy atom. The van der Waals surface area contributed by atoms with Crippen molar-refractivity contribution in [2.75, 3.05) is 128 Å². The molecule has 0 saturated heterocycles. The van der Waals surface area contributed by atoms with Crippen LogP contribution in [0.1, 0.15) is 16.7 Å². The monoisotopic (exact) mass is 1770 g/mol. The van der Waals surface area contributed by atoms with Gasteiger partial charge in [-0.05, 0) is 16.7 Å². The SMILES string of the molecule is COC(=O)CBr.COC(=O)COc1cc(N)cc(O)c1.COC(=O)COc1cc(N)cc(OCC(=O)OC)c1.COC(=O)COc1cc(NC(=O)OCc2ccccc2)cc(OCC(=O)OC)c1.COC(=O)COc1cc(O)cc(NC(=O)OCc2ccccc2)c1.Cl.Nc1cc(O)cc(O)c1.O=C(Nc1cc(O)cc(O)c1)OCc1ccccc1. The fourth-order valence-electron chi connectivity index (χ4n) is 8.18. The first kappa shape index (κ1) is 102. The molecule has 0 radical (unpaired) electrons. The number of rotatable bonds is 28. The molecule has 121 heavy (non-hydrogen) atoms. The van der Waals surface area contributed by atoms with Gasteiger partial charge in [0, 0.05) is 126 Å². The second-order valence-electron chi connectivity index (χ2n) is 22.9. The van der Waals surface area contributed by atoms with Crippen LogP contribution < -0.4 is 61.6 Å². The van der Waals surface area contributed by atoms with E-state index in [-0.39, 0.29) is 152 Å². The summed E-state index contributed by atoms with van der Waals surface area (Å²) in [4.78, 5) is 111. The van der Waals surface area contributed by atoms with Gasteiger partial charge >= 0.3 is 60.1 Å². The molecule has 40 heteroatoms. The lowest BCUT2D eigenvalue weighted by Crippen LogP contribution is -2.16. The minimum absolute atomic E-state index is 0. The van der Waals surface area contributed by atoms with Crippen LogP contribution in [0, 0.1) is 0 Å². The minimum Gasteiger partial charge on any atom is -0.508 e. The van der Waals surface area contributed by atoms with Gasteiger partial charge in [-0.15, -0.1) is 12.4 Å². The number of ether oxygens (including phenoxy) is 16. The zero-order valence-corrected chi connectivity index (χ0v) is 68.3. The molecule has 9 aromatic rings. The number of aromatic hydroxyl groups is 6. The average molecular weight is 1770 g/mol. The molecule has 0 spiro atoms. The Morgan fingerprint density at radius 2 is 0.488 bits per heavy atom. The van der Waals surface area contributed by atoms with Crippen LogP contribution in [0.4, 0.5) is 48.5 Å². The average Bonchev–Trinajstić information content (AvgIpc) is 0.856. The Kier molecular flexibility index (Phi) is 48.7.